The van der Waals surface area contributed by atoms with Gasteiger partial charge in [0.2, 0.25) is 17.7 Å². The molecule has 0 aliphatic rings. The van der Waals surface area contributed by atoms with E-state index in [1.54, 1.807) is 6.92 Å². The molecule has 31 heavy (non-hydrogen) atoms. The van der Waals surface area contributed by atoms with Gasteiger partial charge in [-0.2, -0.15) is 0 Å². The number of nitrogens with one attached hydrogen (secondary N) is 3. The lowest BCUT2D eigenvalue weighted by atomic mass is 10.1. The van der Waals surface area contributed by atoms with Crippen LogP contribution in [0.15, 0.2) is 0 Å². The van der Waals surface area contributed by atoms with Crippen LogP contribution >= 0.6 is 15.9 Å². The molecule has 2 unspecified atom stereocenters. The summed E-state index contributed by atoms with van der Waals surface area (Å²) >= 11 is 3.01. The first-order chi connectivity index (χ1) is 14.6. The minimum absolute atomic E-state index is 0.0893. The molecule has 0 heterocycles. The number of carbonyl (C=O) groups excluding carboxylic acids is 3. The quantitative estimate of drug-likeness (QED) is 0.117. The highest BCUT2D eigenvalue weighted by molar-refractivity contribution is 9.09. The first-order valence-electron chi connectivity index (χ1n) is 9.67. The van der Waals surface area contributed by atoms with E-state index >= 15 is 0 Å². The van der Waals surface area contributed by atoms with Crippen LogP contribution in [0, 0.1) is 0 Å². The summed E-state index contributed by atoms with van der Waals surface area (Å²) in [6.45, 7) is 2.21. The van der Waals surface area contributed by atoms with Gasteiger partial charge in [0.25, 0.3) is 0 Å². The third-order valence-electron chi connectivity index (χ3n) is 3.79. The van der Waals surface area contributed by atoms with E-state index in [9.17, 15) is 29.1 Å². The van der Waals surface area contributed by atoms with Gasteiger partial charge in [-0.15, -0.1) is 0 Å². The molecule has 0 fully saturated rings. The highest BCUT2D eigenvalue weighted by Crippen LogP contribution is 2.01. The Morgan fingerprint density at radius 3 is 2.16 bits per heavy atom. The van der Waals surface area contributed by atoms with E-state index in [1.165, 1.54) is 0 Å². The van der Waals surface area contributed by atoms with E-state index in [0.717, 1.165) is 0 Å². The summed E-state index contributed by atoms with van der Waals surface area (Å²) < 4.78 is 10.3. The predicted molar refractivity (Wildman–Crippen MR) is 112 cm³/mol. The summed E-state index contributed by atoms with van der Waals surface area (Å²) in [7, 11) is 0. The van der Waals surface area contributed by atoms with Crippen LogP contribution in [-0.4, -0.2) is 90.3 Å². The molecular weight excluding hydrogens is 482 g/mol. The number of rotatable bonds is 18. The Morgan fingerprint density at radius 1 is 0.871 bits per heavy atom. The molecule has 0 spiro atoms. The van der Waals surface area contributed by atoms with Crippen LogP contribution in [0.25, 0.3) is 0 Å². The number of hydrogen-bond donors (Lipinski definition) is 5. The molecule has 0 bridgehead atoms. The Labute approximate surface area is 188 Å². The molecule has 0 aromatic heterocycles. The van der Waals surface area contributed by atoms with Crippen molar-refractivity contribution in [1.82, 2.24) is 16.0 Å². The summed E-state index contributed by atoms with van der Waals surface area (Å²) in [5.41, 5.74) is 0. The summed E-state index contributed by atoms with van der Waals surface area (Å²) in [5.74, 6) is -3.49. The maximum Gasteiger partial charge on any atom is 0.326 e. The second-order valence-electron chi connectivity index (χ2n) is 6.55. The van der Waals surface area contributed by atoms with Crippen molar-refractivity contribution in [2.24, 2.45) is 0 Å². The molecule has 0 aromatic rings. The Balaban J connectivity index is 4.01. The summed E-state index contributed by atoms with van der Waals surface area (Å²) in [5, 5.41) is 25.5. The average Bonchev–Trinajstić information content (AvgIpc) is 2.70. The number of hydrogen-bond acceptors (Lipinski definition) is 7. The van der Waals surface area contributed by atoms with Crippen LogP contribution < -0.4 is 16.0 Å². The number of halogens is 1. The second kappa shape index (κ2) is 17.4. The minimum Gasteiger partial charge on any atom is -0.481 e. The predicted octanol–water partition coefficient (Wildman–Crippen LogP) is -0.750. The Bertz CT molecular complexity index is 604. The summed E-state index contributed by atoms with van der Waals surface area (Å²) in [6.07, 6.45) is -0.0997. The van der Waals surface area contributed by atoms with E-state index in [1.807, 2.05) is 0 Å². The van der Waals surface area contributed by atoms with Crippen LogP contribution in [0.3, 0.4) is 0 Å². The second-order valence-corrected chi connectivity index (χ2v) is 7.11. The van der Waals surface area contributed by atoms with Crippen LogP contribution in [0.4, 0.5) is 0 Å². The first kappa shape index (κ1) is 28.8. The van der Waals surface area contributed by atoms with Crippen molar-refractivity contribution in [3.63, 3.8) is 0 Å². The molecule has 0 rings (SSSR count). The van der Waals surface area contributed by atoms with Gasteiger partial charge in [-0.25, -0.2) is 4.79 Å². The molecule has 13 heteroatoms. The zero-order valence-electron chi connectivity index (χ0n) is 17.4. The van der Waals surface area contributed by atoms with Gasteiger partial charge >= 0.3 is 11.9 Å². The zero-order valence-corrected chi connectivity index (χ0v) is 18.9. The maximum absolute atomic E-state index is 11.9. The number of ether oxygens (including phenoxy) is 2. The van der Waals surface area contributed by atoms with Gasteiger partial charge in [-0.1, -0.05) is 15.9 Å². The lowest BCUT2D eigenvalue weighted by molar-refractivity contribution is -0.143. The van der Waals surface area contributed by atoms with Crippen LogP contribution in [0.5, 0.6) is 0 Å². The lowest BCUT2D eigenvalue weighted by Crippen LogP contribution is -2.43. The minimum atomic E-state index is -1.28. The SMILES string of the molecule is CC(CCC(=O)O)NC(=O)CCC(NC(=O)COCCOCCNC(=O)CBr)C(=O)O. The monoisotopic (exact) mass is 511 g/mol. The number of aliphatic carboxylic acids is 2. The third-order valence-corrected chi connectivity index (χ3v) is 4.30. The van der Waals surface area contributed by atoms with Gasteiger partial charge < -0.3 is 35.6 Å². The van der Waals surface area contributed by atoms with Crippen LogP contribution in [0.1, 0.15) is 32.6 Å². The fourth-order valence-electron chi connectivity index (χ4n) is 2.22. The van der Waals surface area contributed by atoms with Crippen LogP contribution in [0.2, 0.25) is 0 Å². The third kappa shape index (κ3) is 17.2. The standard InChI is InChI=1S/C18H30BrN3O9/c1-12(2-5-17(26)27)21-14(23)4-3-13(18(28)29)22-16(25)11-31-9-8-30-7-6-20-15(24)10-19/h12-13H,2-11H2,1H3,(H,20,24)(H,21,23)(H,22,25)(H,26,27)(H,28,29). The lowest BCUT2D eigenvalue weighted by Gasteiger charge is -2.16. The fraction of sp³-hybridized carbons (Fsp3) is 0.722. The van der Waals surface area contributed by atoms with E-state index in [4.69, 9.17) is 14.6 Å². The van der Waals surface area contributed by atoms with Crippen molar-refractivity contribution in [3.05, 3.63) is 0 Å². The largest absolute Gasteiger partial charge is 0.481 e. The molecule has 0 saturated carbocycles. The molecule has 0 aliphatic carbocycles. The highest BCUT2D eigenvalue weighted by atomic mass is 79.9. The molecule has 3 amide bonds. The van der Waals surface area contributed by atoms with Gasteiger partial charge in [0.1, 0.15) is 12.6 Å². The number of carboxylic acids is 2. The summed E-state index contributed by atoms with van der Waals surface area (Å²) in [4.78, 5) is 56.5. The van der Waals surface area contributed by atoms with Crippen molar-refractivity contribution in [1.29, 1.82) is 0 Å². The Kier molecular flexibility index (Phi) is 16.2. The van der Waals surface area contributed by atoms with Crippen molar-refractivity contribution in [2.45, 2.75) is 44.7 Å². The number of carbonyl (C=O) groups is 5. The van der Waals surface area contributed by atoms with Crippen molar-refractivity contribution in [3.8, 4) is 0 Å². The number of carboxylic acid groups (broad SMARTS) is 2. The molecule has 12 nitrogen and oxygen atoms in total. The molecule has 0 radical (unpaired) electrons. The first-order valence-corrected chi connectivity index (χ1v) is 10.8. The van der Waals surface area contributed by atoms with Gasteiger partial charge in [0, 0.05) is 25.4 Å². The van der Waals surface area contributed by atoms with Crippen molar-refractivity contribution in [2.75, 3.05) is 38.3 Å². The molecular formula is C18H30BrN3O9. The van der Waals surface area contributed by atoms with Crippen LogP contribution in [-0.2, 0) is 33.4 Å². The fourth-order valence-corrected chi connectivity index (χ4v) is 2.42. The Hall–Kier alpha value is -2.25. The molecule has 178 valence electrons. The van der Waals surface area contributed by atoms with Gasteiger partial charge in [-0.3, -0.25) is 19.2 Å². The topological polar surface area (TPSA) is 180 Å². The Morgan fingerprint density at radius 2 is 1.55 bits per heavy atom. The molecule has 0 aromatic carbocycles. The maximum atomic E-state index is 11.9. The summed E-state index contributed by atoms with van der Waals surface area (Å²) in [6, 6.07) is -1.62. The number of alkyl halides is 1. The molecule has 2 atom stereocenters. The zero-order chi connectivity index (χ0) is 23.6. The van der Waals surface area contributed by atoms with E-state index < -0.39 is 29.8 Å². The molecule has 0 aliphatic heterocycles. The van der Waals surface area contributed by atoms with Crippen molar-refractivity contribution < 1.29 is 43.7 Å². The van der Waals surface area contributed by atoms with E-state index in [-0.39, 0.29) is 69.4 Å². The smallest absolute Gasteiger partial charge is 0.326 e. The number of amides is 3. The molecule has 0 saturated heterocycles. The van der Waals surface area contributed by atoms with Gasteiger partial charge in [0.15, 0.2) is 0 Å². The van der Waals surface area contributed by atoms with Crippen molar-refractivity contribution >= 4 is 45.6 Å². The van der Waals surface area contributed by atoms with E-state index in [0.29, 0.717) is 6.54 Å². The highest BCUT2D eigenvalue weighted by Gasteiger charge is 2.21. The van der Waals surface area contributed by atoms with Gasteiger partial charge in [0.05, 0.1) is 25.2 Å². The van der Waals surface area contributed by atoms with Gasteiger partial charge in [-0.05, 0) is 19.8 Å². The normalized spacial score (nSPS) is 12.5. The van der Waals surface area contributed by atoms with E-state index in [2.05, 4.69) is 31.9 Å². The molecule has 5 N–H and O–H groups in total. The average molecular weight is 512 g/mol.